The summed E-state index contributed by atoms with van der Waals surface area (Å²) in [5.74, 6) is 0.357. The van der Waals surface area contributed by atoms with Gasteiger partial charge in [-0.05, 0) is 30.7 Å². The molecule has 4 heteroatoms. The molecule has 1 N–H and O–H groups in total. The number of aromatic carboxylic acids is 1. The van der Waals surface area contributed by atoms with Crippen LogP contribution >= 0.6 is 11.8 Å². The summed E-state index contributed by atoms with van der Waals surface area (Å²) in [6, 6.07) is 7.89. The largest absolute Gasteiger partial charge is 0.478 e. The fourth-order valence-corrected chi connectivity index (χ4v) is 3.95. The average Bonchev–Trinajstić information content (AvgIpc) is 2.91. The Kier molecular flexibility index (Phi) is 2.32. The van der Waals surface area contributed by atoms with Crippen LogP contribution in [0.5, 0.6) is 0 Å². The monoisotopic (exact) mass is 235 g/mol. The molecule has 2 fully saturated rings. The van der Waals surface area contributed by atoms with Crippen molar-refractivity contribution in [3.05, 3.63) is 29.8 Å². The van der Waals surface area contributed by atoms with Gasteiger partial charge in [0.15, 0.2) is 0 Å². The molecule has 3 nitrogen and oxygen atoms in total. The first kappa shape index (κ1) is 10.0. The van der Waals surface area contributed by atoms with Gasteiger partial charge in [0.1, 0.15) is 0 Å². The minimum Gasteiger partial charge on any atom is -0.478 e. The van der Waals surface area contributed by atoms with Gasteiger partial charge in [0.2, 0.25) is 0 Å². The van der Waals surface area contributed by atoms with Crippen molar-refractivity contribution in [2.75, 3.05) is 17.2 Å². The summed E-state index contributed by atoms with van der Waals surface area (Å²) < 4.78 is 0. The van der Waals surface area contributed by atoms with Crippen molar-refractivity contribution in [3.8, 4) is 0 Å². The SMILES string of the molecule is O=C(O)c1ccc(N2CC3CC2CS3)cc1. The lowest BCUT2D eigenvalue weighted by atomic mass is 10.2. The van der Waals surface area contributed by atoms with Gasteiger partial charge in [-0.3, -0.25) is 0 Å². The van der Waals surface area contributed by atoms with E-state index >= 15 is 0 Å². The van der Waals surface area contributed by atoms with Crippen LogP contribution in [-0.4, -0.2) is 34.7 Å². The van der Waals surface area contributed by atoms with Gasteiger partial charge in [-0.15, -0.1) is 0 Å². The highest BCUT2D eigenvalue weighted by molar-refractivity contribution is 8.00. The average molecular weight is 235 g/mol. The molecule has 0 aromatic heterocycles. The van der Waals surface area contributed by atoms with E-state index in [9.17, 15) is 4.79 Å². The molecule has 3 rings (SSSR count). The molecule has 2 aliphatic rings. The van der Waals surface area contributed by atoms with Crippen LogP contribution in [0.2, 0.25) is 0 Å². The molecule has 1 aromatic carbocycles. The predicted molar refractivity (Wildman–Crippen MR) is 65.4 cm³/mol. The molecule has 0 spiro atoms. The highest BCUT2D eigenvalue weighted by Gasteiger charge is 2.38. The number of benzene rings is 1. The Hall–Kier alpha value is -1.16. The molecule has 2 bridgehead atoms. The first-order chi connectivity index (χ1) is 7.74. The van der Waals surface area contributed by atoms with Crippen LogP contribution in [0.25, 0.3) is 0 Å². The van der Waals surface area contributed by atoms with Crippen molar-refractivity contribution in [1.29, 1.82) is 0 Å². The van der Waals surface area contributed by atoms with Gasteiger partial charge in [0.25, 0.3) is 0 Å². The van der Waals surface area contributed by atoms with Crippen LogP contribution in [0.4, 0.5) is 5.69 Å². The molecule has 0 amide bonds. The smallest absolute Gasteiger partial charge is 0.335 e. The molecule has 84 valence electrons. The van der Waals surface area contributed by atoms with Crippen molar-refractivity contribution in [2.45, 2.75) is 17.7 Å². The van der Waals surface area contributed by atoms with E-state index in [2.05, 4.69) is 16.7 Å². The number of carbonyl (C=O) groups is 1. The zero-order valence-corrected chi connectivity index (χ0v) is 9.61. The molecule has 2 saturated heterocycles. The normalized spacial score (nSPS) is 27.4. The highest BCUT2D eigenvalue weighted by atomic mass is 32.2. The number of hydrogen-bond donors (Lipinski definition) is 1. The Bertz CT molecular complexity index is 418. The van der Waals surface area contributed by atoms with Gasteiger partial charge in [0.05, 0.1) is 5.56 Å². The zero-order valence-electron chi connectivity index (χ0n) is 8.80. The Morgan fingerprint density at radius 3 is 2.62 bits per heavy atom. The van der Waals surface area contributed by atoms with Crippen LogP contribution in [0.3, 0.4) is 0 Å². The molecule has 16 heavy (non-hydrogen) atoms. The summed E-state index contributed by atoms with van der Waals surface area (Å²) in [6.45, 7) is 1.11. The maximum absolute atomic E-state index is 10.7. The zero-order chi connectivity index (χ0) is 11.1. The van der Waals surface area contributed by atoms with E-state index in [1.807, 2.05) is 12.1 Å². The highest BCUT2D eigenvalue weighted by Crippen LogP contribution is 2.39. The van der Waals surface area contributed by atoms with E-state index in [0.717, 1.165) is 17.5 Å². The van der Waals surface area contributed by atoms with E-state index in [0.29, 0.717) is 11.6 Å². The molecular weight excluding hydrogens is 222 g/mol. The minimum absolute atomic E-state index is 0.363. The van der Waals surface area contributed by atoms with Crippen LogP contribution in [0.15, 0.2) is 24.3 Å². The van der Waals surface area contributed by atoms with E-state index < -0.39 is 5.97 Å². The number of hydrogen-bond acceptors (Lipinski definition) is 3. The fraction of sp³-hybridized carbons (Fsp3) is 0.417. The standard InChI is InChI=1S/C12H13NO2S/c14-12(15)8-1-3-9(4-2-8)13-6-11-5-10(13)7-16-11/h1-4,10-11H,5-7H2,(H,14,15). The van der Waals surface area contributed by atoms with Crippen LogP contribution in [0, 0.1) is 0 Å². The molecular formula is C12H13NO2S. The van der Waals surface area contributed by atoms with Gasteiger partial charge in [-0.25, -0.2) is 4.79 Å². The quantitative estimate of drug-likeness (QED) is 0.852. The number of fused-ring (bicyclic) bond motifs is 2. The van der Waals surface area contributed by atoms with Crippen LogP contribution in [0.1, 0.15) is 16.8 Å². The van der Waals surface area contributed by atoms with Crippen molar-refractivity contribution in [2.24, 2.45) is 0 Å². The fourth-order valence-electron chi connectivity index (χ4n) is 2.51. The molecule has 0 aliphatic carbocycles. The summed E-state index contributed by atoms with van der Waals surface area (Å²) in [5.41, 5.74) is 1.53. The Labute approximate surface area is 98.4 Å². The third kappa shape index (κ3) is 1.57. The first-order valence-electron chi connectivity index (χ1n) is 5.45. The number of thioether (sulfide) groups is 1. The maximum atomic E-state index is 10.7. The Morgan fingerprint density at radius 2 is 2.12 bits per heavy atom. The number of carboxylic acid groups (broad SMARTS) is 1. The van der Waals surface area contributed by atoms with Crippen molar-refractivity contribution in [1.82, 2.24) is 0 Å². The van der Waals surface area contributed by atoms with Gasteiger partial charge in [0, 0.05) is 29.3 Å². The van der Waals surface area contributed by atoms with Gasteiger partial charge in [-0.1, -0.05) is 0 Å². The third-order valence-corrected chi connectivity index (χ3v) is 4.74. The first-order valence-corrected chi connectivity index (χ1v) is 6.50. The van der Waals surface area contributed by atoms with E-state index in [4.69, 9.17) is 5.11 Å². The number of nitrogens with zero attached hydrogens (tertiary/aromatic N) is 1. The maximum Gasteiger partial charge on any atom is 0.335 e. The number of carboxylic acids is 1. The number of rotatable bonds is 2. The van der Waals surface area contributed by atoms with Gasteiger partial charge in [-0.2, -0.15) is 11.8 Å². The topological polar surface area (TPSA) is 40.5 Å². The molecule has 1 aromatic rings. The Morgan fingerprint density at radius 1 is 1.38 bits per heavy atom. The second kappa shape index (κ2) is 3.70. The second-order valence-corrected chi connectivity index (χ2v) is 5.68. The van der Waals surface area contributed by atoms with Crippen LogP contribution < -0.4 is 4.90 Å². The molecule has 2 heterocycles. The second-order valence-electron chi connectivity index (χ2n) is 4.35. The van der Waals surface area contributed by atoms with Crippen molar-refractivity contribution < 1.29 is 9.90 Å². The third-order valence-electron chi connectivity index (χ3n) is 3.35. The number of anilines is 1. The summed E-state index contributed by atoms with van der Waals surface area (Å²) in [5, 5.41) is 9.61. The van der Waals surface area contributed by atoms with Crippen molar-refractivity contribution >= 4 is 23.4 Å². The van der Waals surface area contributed by atoms with E-state index in [-0.39, 0.29) is 0 Å². The predicted octanol–water partition coefficient (Wildman–Crippen LogP) is 2.08. The summed E-state index contributed by atoms with van der Waals surface area (Å²) in [6.07, 6.45) is 1.28. The van der Waals surface area contributed by atoms with Gasteiger partial charge < -0.3 is 10.0 Å². The Balaban J connectivity index is 1.82. The van der Waals surface area contributed by atoms with Crippen LogP contribution in [-0.2, 0) is 0 Å². The van der Waals surface area contributed by atoms with Gasteiger partial charge >= 0.3 is 5.97 Å². The summed E-state index contributed by atoms with van der Waals surface area (Å²) in [4.78, 5) is 13.2. The lowest BCUT2D eigenvalue weighted by Crippen LogP contribution is -2.33. The molecule has 2 atom stereocenters. The van der Waals surface area contributed by atoms with Crippen molar-refractivity contribution in [3.63, 3.8) is 0 Å². The van der Waals surface area contributed by atoms with E-state index in [1.165, 1.54) is 12.2 Å². The molecule has 2 unspecified atom stereocenters. The van der Waals surface area contributed by atoms with E-state index in [1.54, 1.807) is 12.1 Å². The summed E-state index contributed by atoms with van der Waals surface area (Å²) in [7, 11) is 0. The summed E-state index contributed by atoms with van der Waals surface area (Å²) >= 11 is 2.06. The minimum atomic E-state index is -0.856. The lowest BCUT2D eigenvalue weighted by Gasteiger charge is -2.28. The molecule has 0 radical (unpaired) electrons. The lowest BCUT2D eigenvalue weighted by molar-refractivity contribution is 0.0697. The molecule has 2 aliphatic heterocycles. The molecule has 0 saturated carbocycles.